The van der Waals surface area contributed by atoms with E-state index in [0.29, 0.717) is 17.2 Å². The molecule has 0 fully saturated rings. The van der Waals surface area contributed by atoms with Crippen molar-refractivity contribution < 1.29 is 27.4 Å². The minimum Gasteiger partial charge on any atom is -0.497 e. The van der Waals surface area contributed by atoms with Crippen LogP contribution >= 0.6 is 7.55 Å². The summed E-state index contributed by atoms with van der Waals surface area (Å²) in [4.78, 5) is 20.9. The largest absolute Gasteiger partial charge is 0.563 e. The van der Waals surface area contributed by atoms with Crippen LogP contribution in [0.3, 0.4) is 0 Å². The summed E-state index contributed by atoms with van der Waals surface area (Å²) in [7, 11) is 0.584. The van der Waals surface area contributed by atoms with Crippen molar-refractivity contribution in [2.45, 2.75) is 25.8 Å². The zero-order valence-corrected chi connectivity index (χ0v) is 17.2. The van der Waals surface area contributed by atoms with Gasteiger partial charge in [0.25, 0.3) is 0 Å². The Morgan fingerprint density at radius 2 is 2.00 bits per heavy atom. The van der Waals surface area contributed by atoms with Crippen molar-refractivity contribution in [1.82, 2.24) is 9.97 Å². The number of aromatic nitrogens is 2. The molecule has 0 aliphatic carbocycles. The van der Waals surface area contributed by atoms with Crippen LogP contribution < -0.4 is 14.8 Å². The summed E-state index contributed by atoms with van der Waals surface area (Å²) in [6, 6.07) is 5.28. The third-order valence-electron chi connectivity index (χ3n) is 4.06. The first-order valence-electron chi connectivity index (χ1n) is 8.62. The van der Waals surface area contributed by atoms with E-state index >= 15 is 0 Å². The van der Waals surface area contributed by atoms with Gasteiger partial charge in [-0.3, -0.25) is 4.79 Å². The predicted octanol–water partition coefficient (Wildman–Crippen LogP) is 4.42. The molecule has 0 aliphatic rings. The molecule has 1 aromatic heterocycles. The standard InChI is InChI=1S/C19H21F3N3O3P/c1-12-10-23-18(17(25-12)15(26)7-8-29(4)19(20,21)22)24-11-13-5-6-14(27-2)9-16(13)28-3/h5-6,9-10H,4,7-8,11H2,1-3H3/p+1. The van der Waals surface area contributed by atoms with Crippen LogP contribution in [0.5, 0.6) is 11.5 Å². The van der Waals surface area contributed by atoms with Gasteiger partial charge in [-0.1, -0.05) is 0 Å². The van der Waals surface area contributed by atoms with Crippen LogP contribution in [-0.4, -0.2) is 48.3 Å². The number of carbonyl (C=O) groups is 1. The molecule has 0 radical (unpaired) electrons. The Kier molecular flexibility index (Phi) is 7.56. The molecular weight excluding hydrogens is 406 g/mol. The summed E-state index contributed by atoms with van der Waals surface area (Å²) in [6.45, 7) is 1.93. The molecule has 10 heteroatoms. The molecule has 0 aliphatic heterocycles. The van der Waals surface area contributed by atoms with Crippen LogP contribution in [0.1, 0.15) is 28.2 Å². The highest BCUT2D eigenvalue weighted by Gasteiger charge is 2.44. The normalized spacial score (nSPS) is 11.7. The molecule has 1 atom stereocenters. The number of benzene rings is 1. The zero-order valence-electron chi connectivity index (χ0n) is 16.3. The third kappa shape index (κ3) is 6.15. The monoisotopic (exact) mass is 428 g/mol. The van der Waals surface area contributed by atoms with Crippen molar-refractivity contribution in [3.05, 3.63) is 41.3 Å². The molecule has 2 aromatic rings. The van der Waals surface area contributed by atoms with E-state index in [-0.39, 0.29) is 30.6 Å². The molecule has 29 heavy (non-hydrogen) atoms. The zero-order chi connectivity index (χ0) is 21.6. The van der Waals surface area contributed by atoms with E-state index in [1.165, 1.54) is 13.3 Å². The summed E-state index contributed by atoms with van der Waals surface area (Å²) in [5, 5.41) is 3.02. The van der Waals surface area contributed by atoms with Gasteiger partial charge < -0.3 is 14.8 Å². The number of Topliss-reactive ketones (excluding diaryl/α,β-unsaturated/α-hetero) is 1. The van der Waals surface area contributed by atoms with Gasteiger partial charge in [-0.15, -0.1) is 13.2 Å². The Morgan fingerprint density at radius 3 is 2.62 bits per heavy atom. The van der Waals surface area contributed by atoms with Crippen molar-refractivity contribution >= 4 is 25.4 Å². The smallest absolute Gasteiger partial charge is 0.497 e. The molecule has 0 bridgehead atoms. The maximum atomic E-state index is 12.7. The minimum atomic E-state index is -4.38. The number of ketones is 1. The van der Waals surface area contributed by atoms with Gasteiger partial charge in [0.15, 0.2) is 11.6 Å². The van der Waals surface area contributed by atoms with E-state index in [4.69, 9.17) is 9.47 Å². The van der Waals surface area contributed by atoms with E-state index < -0.39 is 19.2 Å². The number of nitrogens with zero attached hydrogens (tertiary/aromatic N) is 2. The van der Waals surface area contributed by atoms with E-state index in [9.17, 15) is 18.0 Å². The molecule has 6 nitrogen and oxygen atoms in total. The summed E-state index contributed by atoms with van der Waals surface area (Å²) >= 11 is 0. The number of aryl methyl sites for hydroxylation is 1. The Labute approximate surface area is 167 Å². The molecule has 156 valence electrons. The Hall–Kier alpha value is -2.67. The van der Waals surface area contributed by atoms with E-state index in [0.717, 1.165) is 5.56 Å². The van der Waals surface area contributed by atoms with Gasteiger partial charge in [-0.05, 0) is 19.1 Å². The quantitative estimate of drug-likeness (QED) is 0.471. The van der Waals surface area contributed by atoms with Crippen LogP contribution in [0.4, 0.5) is 19.0 Å². The van der Waals surface area contributed by atoms with Crippen LogP contribution in [0, 0.1) is 6.92 Å². The summed E-state index contributed by atoms with van der Waals surface area (Å²) in [6.07, 6.45) is 3.97. The second-order valence-corrected chi connectivity index (χ2v) is 8.18. The number of hydrogen-bond donors (Lipinski definition) is 1. The lowest BCUT2D eigenvalue weighted by molar-refractivity contribution is -0.0377. The minimum absolute atomic E-state index is 0.0167. The van der Waals surface area contributed by atoms with Gasteiger partial charge in [0.2, 0.25) is 7.55 Å². The Morgan fingerprint density at radius 1 is 1.28 bits per heavy atom. The fourth-order valence-corrected chi connectivity index (χ4v) is 3.19. The topological polar surface area (TPSA) is 73.3 Å². The number of alkyl halides is 3. The van der Waals surface area contributed by atoms with Crippen molar-refractivity contribution in [1.29, 1.82) is 0 Å². The second kappa shape index (κ2) is 9.69. The van der Waals surface area contributed by atoms with Gasteiger partial charge in [0.1, 0.15) is 23.4 Å². The Bertz CT molecular complexity index is 904. The molecule has 0 saturated carbocycles. The average molecular weight is 428 g/mol. The molecular formula is C19H22F3N3O3P+. The van der Waals surface area contributed by atoms with Crippen molar-refractivity contribution in [2.24, 2.45) is 0 Å². The van der Waals surface area contributed by atoms with Gasteiger partial charge >= 0.3 is 5.92 Å². The number of hydrogen-bond acceptors (Lipinski definition) is 6. The van der Waals surface area contributed by atoms with Gasteiger partial charge in [-0.25, -0.2) is 9.97 Å². The predicted molar refractivity (Wildman–Crippen MR) is 108 cm³/mol. The lowest BCUT2D eigenvalue weighted by Gasteiger charge is -2.13. The summed E-state index contributed by atoms with van der Waals surface area (Å²) in [5.74, 6) is -3.46. The van der Waals surface area contributed by atoms with E-state index in [1.807, 2.05) is 0 Å². The molecule has 1 heterocycles. The number of nitrogens with one attached hydrogen (secondary N) is 1. The number of methoxy groups -OCH3 is 2. The van der Waals surface area contributed by atoms with Crippen molar-refractivity contribution in [3.8, 4) is 11.5 Å². The fraction of sp³-hybridized carbons (Fsp3) is 0.368. The molecule has 1 aromatic carbocycles. The fourth-order valence-electron chi connectivity index (χ4n) is 2.46. The lowest BCUT2D eigenvalue weighted by Crippen LogP contribution is -2.14. The molecule has 0 saturated heterocycles. The first kappa shape index (κ1) is 22.6. The number of rotatable bonds is 9. The molecule has 1 unspecified atom stereocenters. The molecule has 1 N–H and O–H groups in total. The molecule has 0 amide bonds. The van der Waals surface area contributed by atoms with Crippen molar-refractivity contribution in [2.75, 3.05) is 25.7 Å². The number of anilines is 1. The van der Waals surface area contributed by atoms with Gasteiger partial charge in [0, 0.05) is 18.2 Å². The highest BCUT2D eigenvalue weighted by Crippen LogP contribution is 2.43. The first-order chi connectivity index (χ1) is 13.7. The number of halogens is 3. The average Bonchev–Trinajstić information content (AvgIpc) is 2.69. The summed E-state index contributed by atoms with van der Waals surface area (Å²) in [5.41, 5.74) is 1.30. The van der Waals surface area contributed by atoms with E-state index in [2.05, 4.69) is 21.6 Å². The SMILES string of the molecule is C=[P+](CCC(=O)c1nc(C)cnc1NCc1ccc(OC)cc1OC)C(F)(F)F. The highest BCUT2D eigenvalue weighted by molar-refractivity contribution is 7.56. The van der Waals surface area contributed by atoms with Crippen molar-refractivity contribution in [3.63, 3.8) is 0 Å². The van der Waals surface area contributed by atoms with Crippen LogP contribution in [0.15, 0.2) is 24.4 Å². The lowest BCUT2D eigenvalue weighted by atomic mass is 10.1. The van der Waals surface area contributed by atoms with Crippen LogP contribution in [0.2, 0.25) is 0 Å². The van der Waals surface area contributed by atoms with Gasteiger partial charge in [-0.2, -0.15) is 0 Å². The Balaban J connectivity index is 2.16. The highest BCUT2D eigenvalue weighted by atomic mass is 31.1. The molecule has 2 rings (SSSR count). The second-order valence-electron chi connectivity index (χ2n) is 6.14. The van der Waals surface area contributed by atoms with Crippen LogP contribution in [-0.2, 0) is 6.54 Å². The van der Waals surface area contributed by atoms with Gasteiger partial charge in [0.05, 0.1) is 38.8 Å². The third-order valence-corrected chi connectivity index (χ3v) is 5.55. The molecule has 0 spiro atoms. The maximum Gasteiger partial charge on any atom is 0.563 e. The maximum absolute atomic E-state index is 12.7. The van der Waals surface area contributed by atoms with E-state index in [1.54, 1.807) is 32.2 Å². The summed E-state index contributed by atoms with van der Waals surface area (Å²) < 4.78 is 48.5. The number of carbonyl (C=O) groups excluding carboxylic acids is 1. The van der Waals surface area contributed by atoms with Crippen LogP contribution in [0.25, 0.3) is 0 Å². The first-order valence-corrected chi connectivity index (χ1v) is 10.3. The number of ether oxygens (including phenoxy) is 2.